The summed E-state index contributed by atoms with van der Waals surface area (Å²) in [6.45, 7) is 0. The summed E-state index contributed by atoms with van der Waals surface area (Å²) in [5, 5.41) is 20.4. The van der Waals surface area contributed by atoms with Crippen LogP contribution in [0, 0.1) is 20.2 Å². The van der Waals surface area contributed by atoms with Gasteiger partial charge in [-0.2, -0.15) is 0 Å². The van der Waals surface area contributed by atoms with Crippen LogP contribution in [0.2, 0.25) is 10.3 Å². The molecule has 104 valence electrons. The van der Waals surface area contributed by atoms with Crippen LogP contribution in [0.5, 0.6) is 0 Å². The number of aromatic nitrogens is 2. The highest BCUT2D eigenvalue weighted by Crippen LogP contribution is 2.14. The van der Waals surface area contributed by atoms with Crippen molar-refractivity contribution in [1.29, 1.82) is 0 Å². The zero-order chi connectivity index (χ0) is 15.1. The van der Waals surface area contributed by atoms with E-state index < -0.39 is 9.85 Å². The smallest absolute Gasteiger partial charge is 0.258 e. The van der Waals surface area contributed by atoms with Gasteiger partial charge in [-0.25, -0.2) is 9.97 Å². The van der Waals surface area contributed by atoms with Gasteiger partial charge >= 0.3 is 0 Å². The second-order valence-electron chi connectivity index (χ2n) is 3.19. The van der Waals surface area contributed by atoms with E-state index in [1.807, 2.05) is 0 Å². The summed E-state index contributed by atoms with van der Waals surface area (Å²) in [5.41, 5.74) is -0.0833. The van der Waals surface area contributed by atoms with Gasteiger partial charge in [-0.1, -0.05) is 23.2 Å². The molecule has 0 radical (unpaired) electrons. The molecule has 8 nitrogen and oxygen atoms in total. The molecule has 2 aromatic heterocycles. The summed E-state index contributed by atoms with van der Waals surface area (Å²) in [7, 11) is 0. The Balaban J connectivity index is 0.000000200. The van der Waals surface area contributed by atoms with Crippen molar-refractivity contribution in [1.82, 2.24) is 9.97 Å². The van der Waals surface area contributed by atoms with E-state index in [0.717, 1.165) is 0 Å². The molecule has 2 heterocycles. The standard InChI is InChI=1S/2C5H3ClN2O2/c2*6-5-3-4(8(9)10)1-2-7-5/h2*1-3H. The van der Waals surface area contributed by atoms with Crippen LogP contribution in [0.3, 0.4) is 0 Å². The number of halogens is 2. The normalized spacial score (nSPS) is 9.30. The molecular formula is C10H6Cl2N4O4. The van der Waals surface area contributed by atoms with E-state index in [-0.39, 0.29) is 21.7 Å². The molecule has 0 spiro atoms. The summed E-state index contributed by atoms with van der Waals surface area (Å²) in [6.07, 6.45) is 2.58. The maximum Gasteiger partial charge on any atom is 0.274 e. The summed E-state index contributed by atoms with van der Waals surface area (Å²) < 4.78 is 0. The average molecular weight is 317 g/mol. The van der Waals surface area contributed by atoms with E-state index in [2.05, 4.69) is 9.97 Å². The van der Waals surface area contributed by atoms with Crippen LogP contribution in [0.25, 0.3) is 0 Å². The fourth-order valence-corrected chi connectivity index (χ4v) is 1.35. The molecule has 0 aliphatic carbocycles. The van der Waals surface area contributed by atoms with Gasteiger partial charge in [0, 0.05) is 24.5 Å². The highest BCUT2D eigenvalue weighted by Gasteiger charge is 2.04. The zero-order valence-electron chi connectivity index (χ0n) is 9.64. The Morgan fingerprint density at radius 2 is 1.20 bits per heavy atom. The predicted octanol–water partition coefficient (Wildman–Crippen LogP) is 3.29. The largest absolute Gasteiger partial charge is 0.274 e. The number of pyridine rings is 2. The minimum Gasteiger partial charge on any atom is -0.258 e. The molecule has 0 saturated heterocycles. The zero-order valence-corrected chi connectivity index (χ0v) is 11.2. The van der Waals surface area contributed by atoms with Crippen LogP contribution < -0.4 is 0 Å². The van der Waals surface area contributed by atoms with Gasteiger partial charge < -0.3 is 0 Å². The van der Waals surface area contributed by atoms with Crippen molar-refractivity contribution in [2.45, 2.75) is 0 Å². The van der Waals surface area contributed by atoms with Crippen LogP contribution in [-0.4, -0.2) is 19.8 Å². The number of nitrogens with zero attached hydrogens (tertiary/aromatic N) is 4. The van der Waals surface area contributed by atoms with E-state index in [0.29, 0.717) is 0 Å². The summed E-state index contributed by atoms with van der Waals surface area (Å²) in [4.78, 5) is 26.3. The SMILES string of the molecule is O=[N+]([O-])c1ccnc(Cl)c1.O=[N+]([O-])c1ccnc(Cl)c1. The van der Waals surface area contributed by atoms with Crippen molar-refractivity contribution in [3.05, 3.63) is 67.2 Å². The van der Waals surface area contributed by atoms with Crippen LogP contribution in [0.15, 0.2) is 36.7 Å². The van der Waals surface area contributed by atoms with E-state index in [9.17, 15) is 20.2 Å². The molecule has 0 saturated carbocycles. The Labute approximate surface area is 122 Å². The predicted molar refractivity (Wildman–Crippen MR) is 71.8 cm³/mol. The molecule has 0 aliphatic heterocycles. The highest BCUT2D eigenvalue weighted by atomic mass is 35.5. The molecule has 2 aromatic rings. The Morgan fingerprint density at radius 3 is 1.40 bits per heavy atom. The van der Waals surface area contributed by atoms with Crippen molar-refractivity contribution in [3.8, 4) is 0 Å². The van der Waals surface area contributed by atoms with Crippen LogP contribution in [0.4, 0.5) is 11.4 Å². The maximum atomic E-state index is 10.1. The van der Waals surface area contributed by atoms with Gasteiger partial charge in [-0.3, -0.25) is 20.2 Å². The van der Waals surface area contributed by atoms with Crippen molar-refractivity contribution >= 4 is 34.6 Å². The number of nitro groups is 2. The van der Waals surface area contributed by atoms with Crippen molar-refractivity contribution < 1.29 is 9.85 Å². The second kappa shape index (κ2) is 7.31. The quantitative estimate of drug-likeness (QED) is 0.477. The lowest BCUT2D eigenvalue weighted by Gasteiger charge is -1.88. The fraction of sp³-hybridized carbons (Fsp3) is 0. The van der Waals surface area contributed by atoms with Gasteiger partial charge in [0.2, 0.25) is 0 Å². The molecule has 0 atom stereocenters. The van der Waals surface area contributed by atoms with Crippen LogP contribution >= 0.6 is 23.2 Å². The van der Waals surface area contributed by atoms with E-state index in [4.69, 9.17) is 23.2 Å². The van der Waals surface area contributed by atoms with Crippen LogP contribution in [0.1, 0.15) is 0 Å². The second-order valence-corrected chi connectivity index (χ2v) is 3.96. The lowest BCUT2D eigenvalue weighted by molar-refractivity contribution is -0.385. The first-order valence-electron chi connectivity index (χ1n) is 4.92. The first-order chi connectivity index (χ1) is 9.40. The third kappa shape index (κ3) is 5.12. The number of hydrogen-bond acceptors (Lipinski definition) is 6. The molecule has 0 N–H and O–H groups in total. The van der Waals surface area contributed by atoms with E-state index >= 15 is 0 Å². The highest BCUT2D eigenvalue weighted by molar-refractivity contribution is 6.29. The lowest BCUT2D eigenvalue weighted by Crippen LogP contribution is -1.87. The van der Waals surface area contributed by atoms with Gasteiger partial charge in [0.05, 0.1) is 22.0 Å². The van der Waals surface area contributed by atoms with Crippen LogP contribution in [-0.2, 0) is 0 Å². The molecule has 10 heteroatoms. The Morgan fingerprint density at radius 1 is 0.850 bits per heavy atom. The third-order valence-electron chi connectivity index (χ3n) is 1.84. The number of rotatable bonds is 2. The van der Waals surface area contributed by atoms with Gasteiger partial charge in [0.15, 0.2) is 0 Å². The molecule has 0 amide bonds. The first kappa shape index (κ1) is 15.7. The Bertz CT molecular complexity index is 583. The Kier molecular flexibility index (Phi) is 5.75. The molecular weight excluding hydrogens is 311 g/mol. The Hall–Kier alpha value is -2.32. The lowest BCUT2D eigenvalue weighted by atomic mass is 10.4. The first-order valence-corrected chi connectivity index (χ1v) is 5.67. The summed E-state index contributed by atoms with van der Waals surface area (Å²) >= 11 is 10.7. The molecule has 0 bridgehead atoms. The molecule has 0 fully saturated rings. The molecule has 20 heavy (non-hydrogen) atoms. The minimum atomic E-state index is -0.520. The van der Waals surface area contributed by atoms with E-state index in [1.54, 1.807) is 0 Å². The van der Waals surface area contributed by atoms with Crippen molar-refractivity contribution in [3.63, 3.8) is 0 Å². The van der Waals surface area contributed by atoms with Gasteiger partial charge in [-0.15, -0.1) is 0 Å². The third-order valence-corrected chi connectivity index (χ3v) is 2.26. The molecule has 0 unspecified atom stereocenters. The van der Waals surface area contributed by atoms with Crippen molar-refractivity contribution in [2.24, 2.45) is 0 Å². The monoisotopic (exact) mass is 316 g/mol. The van der Waals surface area contributed by atoms with E-state index in [1.165, 1.54) is 36.7 Å². The molecule has 2 rings (SSSR count). The molecule has 0 aliphatic rings. The van der Waals surface area contributed by atoms with Gasteiger partial charge in [0.25, 0.3) is 11.4 Å². The van der Waals surface area contributed by atoms with Gasteiger partial charge in [-0.05, 0) is 0 Å². The van der Waals surface area contributed by atoms with Crippen molar-refractivity contribution in [2.75, 3.05) is 0 Å². The maximum absolute atomic E-state index is 10.1. The summed E-state index contributed by atoms with van der Waals surface area (Å²) in [5.74, 6) is 0. The molecule has 0 aromatic carbocycles. The van der Waals surface area contributed by atoms with Gasteiger partial charge in [0.1, 0.15) is 10.3 Å². The minimum absolute atomic E-state index is 0.0417. The number of hydrogen-bond donors (Lipinski definition) is 0. The summed E-state index contributed by atoms with van der Waals surface area (Å²) in [6, 6.07) is 4.96. The topological polar surface area (TPSA) is 112 Å². The average Bonchev–Trinajstić information content (AvgIpc) is 2.39. The fourth-order valence-electron chi connectivity index (χ4n) is 1.01.